The van der Waals surface area contributed by atoms with E-state index in [1.807, 2.05) is 13.8 Å². The molecule has 0 bridgehead atoms. The molecule has 0 atom stereocenters. The van der Waals surface area contributed by atoms with Crippen molar-refractivity contribution in [2.24, 2.45) is 11.1 Å². The van der Waals surface area contributed by atoms with Gasteiger partial charge in [-0.25, -0.2) is 0 Å². The third kappa shape index (κ3) is 4.90. The monoisotopic (exact) mass is 313 g/mol. The normalized spacial score (nSPS) is 11.2. The molecule has 1 rings (SSSR count). The molecule has 0 spiro atoms. The molecule has 0 unspecified atom stereocenters. The van der Waals surface area contributed by atoms with Crippen molar-refractivity contribution in [1.29, 1.82) is 5.41 Å². The summed E-state index contributed by atoms with van der Waals surface area (Å²) >= 11 is 5.93. The molecular formula is C14H20ClN3O3. The van der Waals surface area contributed by atoms with Gasteiger partial charge in [-0.2, -0.15) is 0 Å². The predicted molar refractivity (Wildman–Crippen MR) is 83.1 cm³/mol. The average Bonchev–Trinajstić information content (AvgIpc) is 2.39. The van der Waals surface area contributed by atoms with Gasteiger partial charge in [-0.1, -0.05) is 31.5 Å². The summed E-state index contributed by atoms with van der Waals surface area (Å²) in [5.41, 5.74) is 5.04. The summed E-state index contributed by atoms with van der Waals surface area (Å²) in [5.74, 6) is 0.264. The van der Waals surface area contributed by atoms with Gasteiger partial charge >= 0.3 is 5.69 Å². The van der Waals surface area contributed by atoms with E-state index in [4.69, 9.17) is 27.5 Å². The lowest BCUT2D eigenvalue weighted by atomic mass is 9.86. The van der Waals surface area contributed by atoms with E-state index in [0.717, 1.165) is 12.8 Å². The summed E-state index contributed by atoms with van der Waals surface area (Å²) in [6.07, 6.45) is 2.28. The second-order valence-corrected chi connectivity index (χ2v) is 5.86. The van der Waals surface area contributed by atoms with Gasteiger partial charge in [0, 0.05) is 11.5 Å². The molecule has 0 aliphatic heterocycles. The maximum atomic E-state index is 10.9. The predicted octanol–water partition coefficient (Wildman–Crippen LogP) is 3.76. The Balaban J connectivity index is 2.51. The van der Waals surface area contributed by atoms with Gasteiger partial charge in [0.05, 0.1) is 22.4 Å². The van der Waals surface area contributed by atoms with Gasteiger partial charge in [-0.3, -0.25) is 15.5 Å². The fourth-order valence-electron chi connectivity index (χ4n) is 1.76. The number of hydrogen-bond acceptors (Lipinski definition) is 4. The fraction of sp³-hybridized carbons (Fsp3) is 0.500. The number of nitro groups is 1. The number of nitrogens with two attached hydrogens (primary N) is 1. The van der Waals surface area contributed by atoms with Crippen molar-refractivity contribution in [3.05, 3.63) is 33.3 Å². The van der Waals surface area contributed by atoms with Crippen LogP contribution in [0.2, 0.25) is 5.02 Å². The third-order valence-corrected chi connectivity index (χ3v) is 3.61. The van der Waals surface area contributed by atoms with Crippen molar-refractivity contribution in [2.75, 3.05) is 6.61 Å². The Labute approximate surface area is 128 Å². The Bertz CT molecular complexity index is 532. The van der Waals surface area contributed by atoms with Crippen LogP contribution < -0.4 is 10.5 Å². The van der Waals surface area contributed by atoms with Gasteiger partial charge in [0.2, 0.25) is 5.75 Å². The number of halogens is 1. The number of nitrogens with one attached hydrogen (secondary N) is 1. The lowest BCUT2D eigenvalue weighted by Gasteiger charge is -2.22. The summed E-state index contributed by atoms with van der Waals surface area (Å²) in [7, 11) is 0. The fourth-order valence-corrected chi connectivity index (χ4v) is 1.99. The van der Waals surface area contributed by atoms with Crippen LogP contribution >= 0.6 is 11.6 Å². The Morgan fingerprint density at radius 1 is 1.48 bits per heavy atom. The van der Waals surface area contributed by atoms with Crippen LogP contribution in [0.3, 0.4) is 0 Å². The summed E-state index contributed by atoms with van der Waals surface area (Å²) in [4.78, 5) is 10.4. The topological polar surface area (TPSA) is 102 Å². The van der Waals surface area contributed by atoms with E-state index >= 15 is 0 Å². The van der Waals surface area contributed by atoms with Crippen LogP contribution in [0, 0.1) is 20.9 Å². The molecule has 1 aromatic rings. The van der Waals surface area contributed by atoms with Gasteiger partial charge < -0.3 is 10.5 Å². The molecule has 0 saturated heterocycles. The number of hydrogen-bond donors (Lipinski definition) is 2. The quantitative estimate of drug-likeness (QED) is 0.251. The molecular weight excluding hydrogens is 294 g/mol. The molecule has 3 N–H and O–H groups in total. The minimum Gasteiger partial charge on any atom is -0.486 e. The van der Waals surface area contributed by atoms with Crippen LogP contribution in [-0.2, 0) is 0 Å². The van der Waals surface area contributed by atoms with Crippen LogP contribution in [0.4, 0.5) is 5.69 Å². The molecule has 0 aliphatic carbocycles. The smallest absolute Gasteiger partial charge is 0.312 e. The number of benzene rings is 1. The standard InChI is InChI=1S/C14H20ClN3O3/c1-14(2,13(16)17)8-3-4-9-21-12-10(15)6-5-7-11(12)18(19)20/h5-7H,3-4,8-9H2,1-2H3,(H3,16,17). The molecule has 0 saturated carbocycles. The SMILES string of the molecule is CC(C)(CCCCOc1c(Cl)cccc1[N+](=O)[O-])C(=N)N. The molecule has 1 aromatic carbocycles. The molecule has 0 aromatic heterocycles. The van der Waals surface area contributed by atoms with Gasteiger partial charge in [-0.15, -0.1) is 0 Å². The first-order valence-corrected chi connectivity index (χ1v) is 7.03. The number of ether oxygens (including phenoxy) is 1. The number of nitrogens with zero attached hydrogens (tertiary/aromatic N) is 1. The minimum absolute atomic E-state index is 0.106. The number of unbranched alkanes of at least 4 members (excludes halogenated alkanes) is 1. The lowest BCUT2D eigenvalue weighted by Crippen LogP contribution is -2.30. The maximum absolute atomic E-state index is 10.9. The van der Waals surface area contributed by atoms with Crippen molar-refractivity contribution in [3.63, 3.8) is 0 Å². The molecule has 0 fully saturated rings. The van der Waals surface area contributed by atoms with Crippen LogP contribution in [0.5, 0.6) is 5.75 Å². The zero-order valence-corrected chi connectivity index (χ0v) is 12.9. The van der Waals surface area contributed by atoms with Gasteiger partial charge in [0.1, 0.15) is 0 Å². The van der Waals surface area contributed by atoms with E-state index in [0.29, 0.717) is 13.0 Å². The van der Waals surface area contributed by atoms with Crippen LogP contribution in [0.15, 0.2) is 18.2 Å². The number of rotatable bonds is 8. The second-order valence-electron chi connectivity index (χ2n) is 5.45. The molecule has 6 nitrogen and oxygen atoms in total. The molecule has 7 heteroatoms. The Morgan fingerprint density at radius 2 is 2.14 bits per heavy atom. The van der Waals surface area contributed by atoms with Crippen molar-refractivity contribution in [3.8, 4) is 5.75 Å². The van der Waals surface area contributed by atoms with Crippen molar-refractivity contribution in [1.82, 2.24) is 0 Å². The first-order chi connectivity index (χ1) is 9.75. The highest BCUT2D eigenvalue weighted by molar-refractivity contribution is 6.32. The highest BCUT2D eigenvalue weighted by Crippen LogP contribution is 2.34. The van der Waals surface area contributed by atoms with Gasteiger partial charge in [-0.05, 0) is 25.3 Å². The van der Waals surface area contributed by atoms with Crippen molar-refractivity contribution < 1.29 is 9.66 Å². The van der Waals surface area contributed by atoms with Crippen molar-refractivity contribution in [2.45, 2.75) is 33.1 Å². The van der Waals surface area contributed by atoms with E-state index < -0.39 is 4.92 Å². The zero-order valence-electron chi connectivity index (χ0n) is 12.2. The van der Waals surface area contributed by atoms with E-state index in [1.54, 1.807) is 6.07 Å². The number of nitro benzene ring substituents is 1. The molecule has 0 aliphatic rings. The third-order valence-electron chi connectivity index (χ3n) is 3.31. The zero-order chi connectivity index (χ0) is 16.0. The Hall–Kier alpha value is -1.82. The number of para-hydroxylation sites is 1. The molecule has 0 radical (unpaired) electrons. The molecule has 21 heavy (non-hydrogen) atoms. The molecule has 0 heterocycles. The molecule has 0 amide bonds. The maximum Gasteiger partial charge on any atom is 0.312 e. The van der Waals surface area contributed by atoms with Crippen LogP contribution in [0.1, 0.15) is 33.1 Å². The largest absolute Gasteiger partial charge is 0.486 e. The summed E-state index contributed by atoms with van der Waals surface area (Å²) < 4.78 is 5.45. The van der Waals surface area contributed by atoms with Gasteiger partial charge in [0.25, 0.3) is 0 Å². The summed E-state index contributed by atoms with van der Waals surface area (Å²) in [5, 5.41) is 18.6. The first-order valence-electron chi connectivity index (χ1n) is 6.66. The number of amidine groups is 1. The highest BCUT2D eigenvalue weighted by Gasteiger charge is 2.21. The first kappa shape index (κ1) is 17.2. The summed E-state index contributed by atoms with van der Waals surface area (Å²) in [6.45, 7) is 4.16. The van der Waals surface area contributed by atoms with Crippen LogP contribution in [-0.4, -0.2) is 17.4 Å². The van der Waals surface area contributed by atoms with E-state index in [-0.39, 0.29) is 27.7 Å². The summed E-state index contributed by atoms with van der Waals surface area (Å²) in [6, 6.07) is 4.44. The molecule has 116 valence electrons. The Morgan fingerprint density at radius 3 is 2.71 bits per heavy atom. The Kier molecular flexibility index (Phi) is 5.96. The van der Waals surface area contributed by atoms with E-state index in [9.17, 15) is 10.1 Å². The van der Waals surface area contributed by atoms with E-state index in [2.05, 4.69) is 0 Å². The minimum atomic E-state index is -0.514. The highest BCUT2D eigenvalue weighted by atomic mass is 35.5. The van der Waals surface area contributed by atoms with Gasteiger partial charge in [0.15, 0.2) is 0 Å². The van der Waals surface area contributed by atoms with E-state index in [1.165, 1.54) is 12.1 Å². The van der Waals surface area contributed by atoms with Crippen molar-refractivity contribution >= 4 is 23.1 Å². The second kappa shape index (κ2) is 7.26. The van der Waals surface area contributed by atoms with Crippen LogP contribution in [0.25, 0.3) is 0 Å². The average molecular weight is 314 g/mol. The lowest BCUT2D eigenvalue weighted by molar-refractivity contribution is -0.385.